The largest absolute Gasteiger partial charge is 0.328 e. The highest BCUT2D eigenvalue weighted by molar-refractivity contribution is 4.81. The highest BCUT2D eigenvalue weighted by Crippen LogP contribution is 2.18. The van der Waals surface area contributed by atoms with Crippen molar-refractivity contribution in [2.24, 2.45) is 5.41 Å². The fourth-order valence-electron chi connectivity index (χ4n) is 1.49. The van der Waals surface area contributed by atoms with Crippen LogP contribution in [-0.4, -0.2) is 9.13 Å². The molecule has 0 aromatic carbocycles. The summed E-state index contributed by atoms with van der Waals surface area (Å²) in [5, 5.41) is 0. The molecule has 1 aromatic rings. The second kappa shape index (κ2) is 4.69. The summed E-state index contributed by atoms with van der Waals surface area (Å²) in [5.41, 5.74) is 0.410. The Morgan fingerprint density at radius 3 is 2.13 bits per heavy atom. The van der Waals surface area contributed by atoms with E-state index in [1.54, 1.807) is 9.13 Å². The van der Waals surface area contributed by atoms with Gasteiger partial charge in [-0.2, -0.15) is 0 Å². The maximum Gasteiger partial charge on any atom is 0.328 e. The van der Waals surface area contributed by atoms with Crippen LogP contribution in [0.1, 0.15) is 40.5 Å². The molecule has 0 aliphatic heterocycles. The second-order valence-corrected chi connectivity index (χ2v) is 5.28. The second-order valence-electron chi connectivity index (χ2n) is 5.28. The van der Waals surface area contributed by atoms with Crippen LogP contribution in [0.15, 0.2) is 17.2 Å². The summed E-state index contributed by atoms with van der Waals surface area (Å²) in [7, 11) is 0. The van der Waals surface area contributed by atoms with Gasteiger partial charge in [0.2, 0.25) is 0 Å². The molecule has 0 radical (unpaired) electrons. The lowest BCUT2D eigenvalue weighted by Crippen LogP contribution is -2.25. The lowest BCUT2D eigenvalue weighted by molar-refractivity contribution is 0.347. The quantitative estimate of drug-likeness (QED) is 0.750. The fraction of sp³-hybridized carbons (Fsp3) is 0.750. The van der Waals surface area contributed by atoms with Crippen molar-refractivity contribution in [2.75, 3.05) is 0 Å². The van der Waals surface area contributed by atoms with E-state index >= 15 is 0 Å². The summed E-state index contributed by atoms with van der Waals surface area (Å²) in [5.74, 6) is 0. The maximum atomic E-state index is 11.8. The molecule has 0 fully saturated rings. The van der Waals surface area contributed by atoms with E-state index in [0.717, 1.165) is 25.9 Å². The van der Waals surface area contributed by atoms with Gasteiger partial charge in [-0.1, -0.05) is 27.7 Å². The molecule has 0 saturated carbocycles. The Labute approximate surface area is 91.7 Å². The SMILES string of the molecule is CCCn1ccn(CCC(C)(C)C)c1=O. The Hall–Kier alpha value is -0.990. The number of aromatic nitrogens is 2. The van der Waals surface area contributed by atoms with Crippen LogP contribution in [0.2, 0.25) is 0 Å². The van der Waals surface area contributed by atoms with E-state index in [2.05, 4.69) is 27.7 Å². The lowest BCUT2D eigenvalue weighted by Gasteiger charge is -2.17. The van der Waals surface area contributed by atoms with Crippen LogP contribution < -0.4 is 5.69 Å². The number of hydrogen-bond acceptors (Lipinski definition) is 1. The first-order valence-corrected chi connectivity index (χ1v) is 5.69. The van der Waals surface area contributed by atoms with Gasteiger partial charge >= 0.3 is 5.69 Å². The van der Waals surface area contributed by atoms with E-state index in [1.807, 2.05) is 12.4 Å². The fourth-order valence-corrected chi connectivity index (χ4v) is 1.49. The molecule has 1 rings (SSSR count). The molecule has 86 valence electrons. The van der Waals surface area contributed by atoms with E-state index in [1.165, 1.54) is 0 Å². The summed E-state index contributed by atoms with van der Waals surface area (Å²) in [6.07, 6.45) is 5.81. The summed E-state index contributed by atoms with van der Waals surface area (Å²) >= 11 is 0. The number of hydrogen-bond donors (Lipinski definition) is 0. The highest BCUT2D eigenvalue weighted by atomic mass is 16.1. The first-order valence-electron chi connectivity index (χ1n) is 5.69. The van der Waals surface area contributed by atoms with Gasteiger partial charge in [0.25, 0.3) is 0 Å². The Morgan fingerprint density at radius 2 is 1.67 bits per heavy atom. The van der Waals surface area contributed by atoms with Crippen molar-refractivity contribution in [3.8, 4) is 0 Å². The van der Waals surface area contributed by atoms with E-state index in [4.69, 9.17) is 0 Å². The molecule has 0 atom stereocenters. The van der Waals surface area contributed by atoms with Crippen molar-refractivity contribution in [1.82, 2.24) is 9.13 Å². The van der Waals surface area contributed by atoms with Gasteiger partial charge in [-0.15, -0.1) is 0 Å². The van der Waals surface area contributed by atoms with E-state index < -0.39 is 0 Å². The Morgan fingerprint density at radius 1 is 1.13 bits per heavy atom. The third-order valence-corrected chi connectivity index (χ3v) is 2.49. The molecule has 0 amide bonds. The molecule has 3 nitrogen and oxygen atoms in total. The predicted octanol–water partition coefficient (Wildman–Crippen LogP) is 2.50. The number of imidazole rings is 1. The topological polar surface area (TPSA) is 26.9 Å². The Kier molecular flexibility index (Phi) is 3.77. The van der Waals surface area contributed by atoms with Gasteiger partial charge < -0.3 is 0 Å². The van der Waals surface area contributed by atoms with Crippen LogP contribution in [0.4, 0.5) is 0 Å². The van der Waals surface area contributed by atoms with Gasteiger partial charge in [0.15, 0.2) is 0 Å². The average Bonchev–Trinajstić information content (AvgIpc) is 2.45. The van der Waals surface area contributed by atoms with E-state index in [-0.39, 0.29) is 11.1 Å². The molecule has 0 N–H and O–H groups in total. The molecule has 0 aliphatic carbocycles. The summed E-state index contributed by atoms with van der Waals surface area (Å²) in [6.45, 7) is 10.3. The first-order chi connectivity index (χ1) is 6.94. The van der Waals surface area contributed by atoms with Crippen molar-refractivity contribution in [3.05, 3.63) is 22.9 Å². The van der Waals surface area contributed by atoms with Gasteiger partial charge in [0, 0.05) is 25.5 Å². The van der Waals surface area contributed by atoms with Crippen molar-refractivity contribution in [3.63, 3.8) is 0 Å². The van der Waals surface area contributed by atoms with E-state index in [9.17, 15) is 4.79 Å². The normalized spacial score (nSPS) is 12.0. The Balaban J connectivity index is 2.67. The van der Waals surface area contributed by atoms with Gasteiger partial charge in [0.1, 0.15) is 0 Å². The van der Waals surface area contributed by atoms with Crippen LogP contribution in [0.25, 0.3) is 0 Å². The first kappa shape index (κ1) is 12.1. The minimum atomic E-state index is 0.126. The van der Waals surface area contributed by atoms with Crippen LogP contribution >= 0.6 is 0 Å². The summed E-state index contributed by atoms with van der Waals surface area (Å²) < 4.78 is 3.59. The molecular formula is C12H22N2O. The number of nitrogens with zero attached hydrogens (tertiary/aromatic N) is 2. The standard InChI is InChI=1S/C12H22N2O/c1-5-7-13-9-10-14(11(13)15)8-6-12(2,3)4/h9-10H,5-8H2,1-4H3. The number of rotatable bonds is 4. The minimum Gasteiger partial charge on any atom is -0.299 e. The minimum absolute atomic E-state index is 0.126. The van der Waals surface area contributed by atoms with E-state index in [0.29, 0.717) is 0 Å². The number of aryl methyl sites for hydroxylation is 2. The third kappa shape index (κ3) is 3.57. The molecule has 0 spiro atoms. The van der Waals surface area contributed by atoms with Crippen molar-refractivity contribution in [2.45, 2.75) is 53.6 Å². The molecule has 0 aliphatic rings. The van der Waals surface area contributed by atoms with Crippen LogP contribution in [-0.2, 0) is 13.1 Å². The molecule has 3 heteroatoms. The molecule has 15 heavy (non-hydrogen) atoms. The van der Waals surface area contributed by atoms with Crippen LogP contribution in [0.5, 0.6) is 0 Å². The maximum absolute atomic E-state index is 11.8. The van der Waals surface area contributed by atoms with Crippen molar-refractivity contribution < 1.29 is 0 Å². The van der Waals surface area contributed by atoms with Gasteiger partial charge in [-0.25, -0.2) is 4.79 Å². The Bertz CT molecular complexity index is 354. The summed E-state index contributed by atoms with van der Waals surface area (Å²) in [6, 6.07) is 0. The monoisotopic (exact) mass is 210 g/mol. The van der Waals surface area contributed by atoms with Gasteiger partial charge in [0.05, 0.1) is 0 Å². The zero-order chi connectivity index (χ0) is 11.5. The summed E-state index contributed by atoms with van der Waals surface area (Å²) in [4.78, 5) is 11.8. The predicted molar refractivity (Wildman–Crippen MR) is 63.1 cm³/mol. The molecule has 0 bridgehead atoms. The zero-order valence-electron chi connectivity index (χ0n) is 10.3. The molecule has 1 aromatic heterocycles. The molecule has 0 saturated heterocycles. The molecular weight excluding hydrogens is 188 g/mol. The van der Waals surface area contributed by atoms with Gasteiger partial charge in [-0.3, -0.25) is 9.13 Å². The lowest BCUT2D eigenvalue weighted by atomic mass is 9.92. The van der Waals surface area contributed by atoms with Crippen molar-refractivity contribution >= 4 is 0 Å². The third-order valence-electron chi connectivity index (χ3n) is 2.49. The van der Waals surface area contributed by atoms with Crippen molar-refractivity contribution in [1.29, 1.82) is 0 Å². The van der Waals surface area contributed by atoms with Crippen LogP contribution in [0.3, 0.4) is 0 Å². The molecule has 1 heterocycles. The average molecular weight is 210 g/mol. The smallest absolute Gasteiger partial charge is 0.299 e. The highest BCUT2D eigenvalue weighted by Gasteiger charge is 2.11. The molecule has 0 unspecified atom stereocenters. The van der Waals surface area contributed by atoms with Gasteiger partial charge in [-0.05, 0) is 18.3 Å². The van der Waals surface area contributed by atoms with Crippen LogP contribution in [0, 0.1) is 5.41 Å². The zero-order valence-corrected chi connectivity index (χ0v) is 10.3.